The molecule has 0 aliphatic carbocycles. The van der Waals surface area contributed by atoms with Crippen molar-refractivity contribution >= 4 is 0 Å². The molecule has 0 rings (SSSR count). The van der Waals surface area contributed by atoms with Crippen LogP contribution in [0.5, 0.6) is 0 Å². The molecule has 0 saturated carbocycles. The molecule has 0 heterocycles. The number of hydrogen-bond donors (Lipinski definition) is 2. The van der Waals surface area contributed by atoms with Crippen LogP contribution in [0.4, 0.5) is 0 Å². The second kappa shape index (κ2) is 9.50. The van der Waals surface area contributed by atoms with Gasteiger partial charge in [0, 0.05) is 13.1 Å². The molecule has 2 heteroatoms. The smallest absolute Gasteiger partial charge is 0.0264 e. The Hall–Kier alpha value is -0.500. The maximum atomic E-state index is 5.29. The lowest BCUT2D eigenvalue weighted by Gasteiger charge is -1.95. The van der Waals surface area contributed by atoms with Crippen LogP contribution in [0.25, 0.3) is 0 Å². The Bertz CT molecular complexity index is 89.6. The quantitative estimate of drug-likeness (QED) is 0.550. The lowest BCUT2D eigenvalue weighted by molar-refractivity contribution is 0.725. The van der Waals surface area contributed by atoms with E-state index < -0.39 is 0 Å². The summed E-state index contributed by atoms with van der Waals surface area (Å²) < 4.78 is 0. The van der Waals surface area contributed by atoms with Gasteiger partial charge in [0.05, 0.1) is 0 Å². The van der Waals surface area contributed by atoms with E-state index in [0.29, 0.717) is 6.54 Å². The largest absolute Gasteiger partial charge is 0.390 e. The zero-order valence-electron chi connectivity index (χ0n) is 7.47. The van der Waals surface area contributed by atoms with Gasteiger partial charge in [0.1, 0.15) is 0 Å². The summed E-state index contributed by atoms with van der Waals surface area (Å²) in [5.74, 6) is 0. The topological polar surface area (TPSA) is 38.0 Å². The third kappa shape index (κ3) is 9.50. The fourth-order valence-corrected chi connectivity index (χ4v) is 0.846. The number of nitrogens with one attached hydrogen (secondary N) is 1. The summed E-state index contributed by atoms with van der Waals surface area (Å²) in [6.07, 6.45) is 9.29. The summed E-state index contributed by atoms with van der Waals surface area (Å²) in [5, 5.41) is 3.11. The minimum atomic E-state index is 0.708. The van der Waals surface area contributed by atoms with Gasteiger partial charge in [-0.15, -0.1) is 0 Å². The number of hydrogen-bond acceptors (Lipinski definition) is 2. The first-order chi connectivity index (χ1) is 5.41. The summed E-state index contributed by atoms with van der Waals surface area (Å²) in [4.78, 5) is 0. The van der Waals surface area contributed by atoms with Crippen LogP contribution >= 0.6 is 0 Å². The van der Waals surface area contributed by atoms with E-state index in [1.54, 1.807) is 0 Å². The lowest BCUT2D eigenvalue weighted by atomic mass is 10.2. The molecule has 0 amide bonds. The Morgan fingerprint density at radius 3 is 2.82 bits per heavy atom. The van der Waals surface area contributed by atoms with Crippen LogP contribution in [0.15, 0.2) is 12.3 Å². The number of unbranched alkanes of at least 4 members (excludes halogenated alkanes) is 3. The van der Waals surface area contributed by atoms with Crippen molar-refractivity contribution in [3.05, 3.63) is 12.3 Å². The van der Waals surface area contributed by atoms with Crippen molar-refractivity contribution in [1.82, 2.24) is 5.32 Å². The minimum absolute atomic E-state index is 0.708. The van der Waals surface area contributed by atoms with E-state index in [1.165, 1.54) is 25.7 Å². The molecule has 0 fully saturated rings. The van der Waals surface area contributed by atoms with E-state index in [1.807, 2.05) is 6.20 Å². The van der Waals surface area contributed by atoms with Crippen LogP contribution in [0.1, 0.15) is 32.6 Å². The van der Waals surface area contributed by atoms with Gasteiger partial charge in [0.25, 0.3) is 0 Å². The van der Waals surface area contributed by atoms with Crippen LogP contribution < -0.4 is 11.1 Å². The normalized spacial score (nSPS) is 10.7. The van der Waals surface area contributed by atoms with E-state index in [9.17, 15) is 0 Å². The van der Waals surface area contributed by atoms with Crippen LogP contribution in [0.2, 0.25) is 0 Å². The van der Waals surface area contributed by atoms with Crippen molar-refractivity contribution in [3.8, 4) is 0 Å². The fraction of sp³-hybridized carbons (Fsp3) is 0.778. The van der Waals surface area contributed by atoms with Gasteiger partial charge in [-0.25, -0.2) is 0 Å². The van der Waals surface area contributed by atoms with E-state index in [4.69, 9.17) is 5.73 Å². The predicted molar refractivity (Wildman–Crippen MR) is 50.3 cm³/mol. The summed E-state index contributed by atoms with van der Waals surface area (Å²) in [5.41, 5.74) is 5.29. The highest BCUT2D eigenvalue weighted by atomic mass is 14.8. The average molecular weight is 156 g/mol. The maximum absolute atomic E-state index is 5.29. The standard InChI is InChI=1S/C9H20N2/c1-2-3-4-5-6-8-11-9-7-10/h6,8,11H,2-5,7,9-10H2,1H3/b8-6+. The first-order valence-corrected chi connectivity index (χ1v) is 4.50. The highest BCUT2D eigenvalue weighted by molar-refractivity contribution is 4.78. The second-order valence-electron chi connectivity index (χ2n) is 2.64. The van der Waals surface area contributed by atoms with Gasteiger partial charge in [-0.05, 0) is 19.0 Å². The molecule has 66 valence electrons. The molecule has 2 nitrogen and oxygen atoms in total. The molecule has 0 radical (unpaired) electrons. The van der Waals surface area contributed by atoms with Crippen molar-refractivity contribution in [2.45, 2.75) is 32.6 Å². The van der Waals surface area contributed by atoms with Crippen molar-refractivity contribution in [1.29, 1.82) is 0 Å². The summed E-state index contributed by atoms with van der Waals surface area (Å²) in [7, 11) is 0. The Kier molecular flexibility index (Phi) is 9.07. The van der Waals surface area contributed by atoms with E-state index >= 15 is 0 Å². The lowest BCUT2D eigenvalue weighted by Crippen LogP contribution is -2.16. The van der Waals surface area contributed by atoms with Gasteiger partial charge >= 0.3 is 0 Å². The second-order valence-corrected chi connectivity index (χ2v) is 2.64. The van der Waals surface area contributed by atoms with Gasteiger partial charge in [-0.2, -0.15) is 0 Å². The molecule has 11 heavy (non-hydrogen) atoms. The maximum Gasteiger partial charge on any atom is 0.0264 e. The molecule has 0 unspecified atom stereocenters. The third-order valence-corrected chi connectivity index (χ3v) is 1.50. The summed E-state index contributed by atoms with van der Waals surface area (Å²) >= 11 is 0. The van der Waals surface area contributed by atoms with Crippen molar-refractivity contribution in [2.75, 3.05) is 13.1 Å². The number of rotatable bonds is 7. The van der Waals surface area contributed by atoms with Crippen LogP contribution in [-0.4, -0.2) is 13.1 Å². The third-order valence-electron chi connectivity index (χ3n) is 1.50. The van der Waals surface area contributed by atoms with Gasteiger partial charge < -0.3 is 11.1 Å². The van der Waals surface area contributed by atoms with Gasteiger partial charge in [-0.3, -0.25) is 0 Å². The minimum Gasteiger partial charge on any atom is -0.390 e. The van der Waals surface area contributed by atoms with Crippen LogP contribution in [0, 0.1) is 0 Å². The monoisotopic (exact) mass is 156 g/mol. The van der Waals surface area contributed by atoms with Crippen molar-refractivity contribution in [2.24, 2.45) is 5.73 Å². The Balaban J connectivity index is 2.91. The van der Waals surface area contributed by atoms with Crippen LogP contribution in [0.3, 0.4) is 0 Å². The molecule has 0 aromatic carbocycles. The predicted octanol–water partition coefficient (Wildman–Crippen LogP) is 1.63. The van der Waals surface area contributed by atoms with Crippen molar-refractivity contribution < 1.29 is 0 Å². The fourth-order valence-electron chi connectivity index (χ4n) is 0.846. The first-order valence-electron chi connectivity index (χ1n) is 4.50. The molecule has 0 bridgehead atoms. The molecule has 0 spiro atoms. The summed E-state index contributed by atoms with van der Waals surface area (Å²) in [6.45, 7) is 3.81. The Labute approximate surface area is 69.9 Å². The molecular weight excluding hydrogens is 136 g/mol. The molecule has 0 aliphatic rings. The van der Waals surface area contributed by atoms with Crippen LogP contribution in [-0.2, 0) is 0 Å². The van der Waals surface area contributed by atoms with E-state index in [2.05, 4.69) is 18.3 Å². The van der Waals surface area contributed by atoms with Crippen molar-refractivity contribution in [3.63, 3.8) is 0 Å². The molecule has 3 N–H and O–H groups in total. The zero-order valence-corrected chi connectivity index (χ0v) is 7.47. The highest BCUT2D eigenvalue weighted by Crippen LogP contribution is 1.98. The van der Waals surface area contributed by atoms with E-state index in [-0.39, 0.29) is 0 Å². The highest BCUT2D eigenvalue weighted by Gasteiger charge is 1.80. The molecule has 0 atom stereocenters. The number of allylic oxidation sites excluding steroid dienone is 1. The number of nitrogens with two attached hydrogens (primary N) is 1. The van der Waals surface area contributed by atoms with Gasteiger partial charge in [0.2, 0.25) is 0 Å². The molecule has 0 aromatic heterocycles. The Morgan fingerprint density at radius 1 is 1.36 bits per heavy atom. The van der Waals surface area contributed by atoms with Gasteiger partial charge in [0.15, 0.2) is 0 Å². The molecule has 0 saturated heterocycles. The SMILES string of the molecule is CCCCC/C=C/NCCN. The van der Waals surface area contributed by atoms with Gasteiger partial charge in [-0.1, -0.05) is 25.8 Å². The summed E-state index contributed by atoms with van der Waals surface area (Å²) in [6, 6.07) is 0. The van der Waals surface area contributed by atoms with E-state index in [0.717, 1.165) is 6.54 Å². The molecule has 0 aromatic rings. The molecular formula is C9H20N2. The Morgan fingerprint density at radius 2 is 2.18 bits per heavy atom. The zero-order chi connectivity index (χ0) is 8.36. The molecule has 0 aliphatic heterocycles. The average Bonchev–Trinajstić information content (AvgIpc) is 2.03. The first kappa shape index (κ1) is 10.5.